The van der Waals surface area contributed by atoms with Crippen LogP contribution in [0.25, 0.3) is 0 Å². The van der Waals surface area contributed by atoms with Gasteiger partial charge in [0.1, 0.15) is 5.82 Å². The molecule has 0 spiro atoms. The average Bonchev–Trinajstić information content (AvgIpc) is 2.53. The van der Waals surface area contributed by atoms with Crippen LogP contribution >= 0.6 is 0 Å². The van der Waals surface area contributed by atoms with Gasteiger partial charge in [0.05, 0.1) is 11.4 Å². The van der Waals surface area contributed by atoms with Gasteiger partial charge in [0.2, 0.25) is 0 Å². The molecule has 0 aliphatic rings. The molecule has 5 nitrogen and oxygen atoms in total. The Morgan fingerprint density at radius 2 is 2.18 bits per heavy atom. The van der Waals surface area contributed by atoms with Crippen LogP contribution < -0.4 is 11.1 Å². The van der Waals surface area contributed by atoms with Crippen molar-refractivity contribution < 1.29 is 0 Å². The Morgan fingerprint density at radius 3 is 2.76 bits per heavy atom. The fourth-order valence-electron chi connectivity index (χ4n) is 1.82. The Labute approximate surface area is 101 Å². The van der Waals surface area contributed by atoms with Gasteiger partial charge in [-0.25, -0.2) is 4.98 Å². The molecule has 17 heavy (non-hydrogen) atoms. The number of nitrogens with zero attached hydrogens (tertiary/aromatic N) is 3. The number of aromatic nitrogens is 3. The topological polar surface area (TPSA) is 68.8 Å². The molecule has 2 aromatic rings. The van der Waals surface area contributed by atoms with Gasteiger partial charge in [0.15, 0.2) is 0 Å². The van der Waals surface area contributed by atoms with Gasteiger partial charge in [-0.05, 0) is 26.0 Å². The van der Waals surface area contributed by atoms with E-state index in [1.165, 1.54) is 5.56 Å². The molecule has 0 unspecified atom stereocenters. The van der Waals surface area contributed by atoms with Crippen molar-refractivity contribution in [1.29, 1.82) is 0 Å². The Morgan fingerprint density at radius 1 is 1.41 bits per heavy atom. The molecule has 2 aromatic heterocycles. The van der Waals surface area contributed by atoms with E-state index in [1.54, 1.807) is 6.20 Å². The number of nitrogen functional groups attached to an aromatic ring is 1. The van der Waals surface area contributed by atoms with E-state index < -0.39 is 0 Å². The first-order chi connectivity index (χ1) is 8.09. The number of pyridine rings is 1. The molecule has 2 heterocycles. The van der Waals surface area contributed by atoms with Crippen LogP contribution in [-0.4, -0.2) is 14.8 Å². The zero-order valence-corrected chi connectivity index (χ0v) is 10.4. The van der Waals surface area contributed by atoms with Crippen LogP contribution in [0.1, 0.15) is 17.0 Å². The summed E-state index contributed by atoms with van der Waals surface area (Å²) in [6.45, 7) is 4.78. The van der Waals surface area contributed by atoms with Crippen molar-refractivity contribution >= 4 is 11.5 Å². The molecule has 3 N–H and O–H groups in total. The number of nitrogens with one attached hydrogen (secondary N) is 1. The Kier molecular flexibility index (Phi) is 2.99. The Balaban J connectivity index is 2.15. The summed E-state index contributed by atoms with van der Waals surface area (Å²) in [5.74, 6) is 0.520. The highest BCUT2D eigenvalue weighted by atomic mass is 15.3. The first kappa shape index (κ1) is 11.4. The van der Waals surface area contributed by atoms with Crippen LogP contribution in [0, 0.1) is 13.8 Å². The lowest BCUT2D eigenvalue weighted by atomic mass is 10.2. The van der Waals surface area contributed by atoms with Crippen LogP contribution in [0.2, 0.25) is 0 Å². The predicted molar refractivity (Wildman–Crippen MR) is 68.7 cm³/mol. The van der Waals surface area contributed by atoms with E-state index in [4.69, 9.17) is 5.73 Å². The molecule has 90 valence electrons. The minimum atomic E-state index is 0.520. The SMILES string of the molecule is Cc1nn(C)c(C)c1CNc1cccnc1N. The lowest BCUT2D eigenvalue weighted by molar-refractivity contribution is 0.730. The maximum Gasteiger partial charge on any atom is 0.146 e. The standard InChI is InChI=1S/C12H17N5/c1-8-10(9(2)17(3)16-8)7-15-11-5-4-6-14-12(11)13/h4-6,15H,7H2,1-3H3,(H2,13,14). The predicted octanol–water partition coefficient (Wildman–Crippen LogP) is 1.63. The van der Waals surface area contributed by atoms with E-state index in [1.807, 2.05) is 30.8 Å². The molecule has 0 aliphatic carbocycles. The minimum Gasteiger partial charge on any atom is -0.382 e. The molecule has 0 radical (unpaired) electrons. The van der Waals surface area contributed by atoms with Gasteiger partial charge in [-0.15, -0.1) is 0 Å². The van der Waals surface area contributed by atoms with Gasteiger partial charge < -0.3 is 11.1 Å². The molecular weight excluding hydrogens is 214 g/mol. The van der Waals surface area contributed by atoms with Gasteiger partial charge in [0.25, 0.3) is 0 Å². The van der Waals surface area contributed by atoms with Gasteiger partial charge in [-0.2, -0.15) is 5.10 Å². The molecule has 0 atom stereocenters. The molecule has 0 bridgehead atoms. The zero-order valence-electron chi connectivity index (χ0n) is 10.4. The second kappa shape index (κ2) is 4.45. The normalized spacial score (nSPS) is 10.5. The van der Waals surface area contributed by atoms with Crippen LogP contribution in [0.3, 0.4) is 0 Å². The van der Waals surface area contributed by atoms with E-state index in [0.717, 1.165) is 17.1 Å². The van der Waals surface area contributed by atoms with E-state index >= 15 is 0 Å². The molecule has 0 fully saturated rings. The summed E-state index contributed by atoms with van der Waals surface area (Å²) < 4.78 is 1.89. The van der Waals surface area contributed by atoms with Gasteiger partial charge in [0, 0.05) is 31.0 Å². The lowest BCUT2D eigenvalue weighted by Crippen LogP contribution is -2.05. The summed E-state index contributed by atoms with van der Waals surface area (Å²) in [5, 5.41) is 7.66. The minimum absolute atomic E-state index is 0.520. The summed E-state index contributed by atoms with van der Waals surface area (Å²) in [5.41, 5.74) is 10.0. The fourth-order valence-corrected chi connectivity index (χ4v) is 1.82. The molecule has 0 amide bonds. The van der Waals surface area contributed by atoms with Crippen LogP contribution in [0.5, 0.6) is 0 Å². The lowest BCUT2D eigenvalue weighted by Gasteiger charge is -2.08. The molecule has 0 aliphatic heterocycles. The van der Waals surface area contributed by atoms with Crippen LogP contribution in [-0.2, 0) is 13.6 Å². The number of hydrogen-bond acceptors (Lipinski definition) is 4. The maximum atomic E-state index is 5.77. The summed E-state index contributed by atoms with van der Waals surface area (Å²) >= 11 is 0. The fraction of sp³-hybridized carbons (Fsp3) is 0.333. The van der Waals surface area contributed by atoms with Crippen LogP contribution in [0.4, 0.5) is 11.5 Å². The van der Waals surface area contributed by atoms with E-state index in [2.05, 4.69) is 22.3 Å². The second-order valence-electron chi connectivity index (χ2n) is 4.06. The molecular formula is C12H17N5. The highest BCUT2D eigenvalue weighted by Gasteiger charge is 2.09. The number of aryl methyl sites for hydroxylation is 2. The van der Waals surface area contributed by atoms with Crippen LogP contribution in [0.15, 0.2) is 18.3 Å². The molecule has 0 aromatic carbocycles. The molecule has 5 heteroatoms. The van der Waals surface area contributed by atoms with E-state index in [9.17, 15) is 0 Å². The second-order valence-corrected chi connectivity index (χ2v) is 4.06. The monoisotopic (exact) mass is 231 g/mol. The third-order valence-corrected chi connectivity index (χ3v) is 2.95. The summed E-state index contributed by atoms with van der Waals surface area (Å²) in [6, 6.07) is 3.78. The number of hydrogen-bond donors (Lipinski definition) is 2. The number of rotatable bonds is 3. The highest BCUT2D eigenvalue weighted by molar-refractivity contribution is 5.61. The van der Waals surface area contributed by atoms with Crippen molar-refractivity contribution in [2.24, 2.45) is 7.05 Å². The summed E-state index contributed by atoms with van der Waals surface area (Å²) in [7, 11) is 1.95. The van der Waals surface area contributed by atoms with Crippen molar-refractivity contribution in [1.82, 2.24) is 14.8 Å². The van der Waals surface area contributed by atoms with Crippen molar-refractivity contribution in [3.63, 3.8) is 0 Å². The van der Waals surface area contributed by atoms with Gasteiger partial charge in [-0.1, -0.05) is 0 Å². The first-order valence-corrected chi connectivity index (χ1v) is 5.53. The third-order valence-electron chi connectivity index (χ3n) is 2.95. The zero-order chi connectivity index (χ0) is 12.4. The van der Waals surface area contributed by atoms with Crippen molar-refractivity contribution in [3.05, 3.63) is 35.3 Å². The largest absolute Gasteiger partial charge is 0.382 e. The molecule has 0 saturated heterocycles. The first-order valence-electron chi connectivity index (χ1n) is 5.53. The average molecular weight is 231 g/mol. The van der Waals surface area contributed by atoms with E-state index in [-0.39, 0.29) is 0 Å². The maximum absolute atomic E-state index is 5.77. The quantitative estimate of drug-likeness (QED) is 0.842. The van der Waals surface area contributed by atoms with Crippen molar-refractivity contribution in [2.45, 2.75) is 20.4 Å². The smallest absolute Gasteiger partial charge is 0.146 e. The van der Waals surface area contributed by atoms with Crippen molar-refractivity contribution in [2.75, 3.05) is 11.1 Å². The van der Waals surface area contributed by atoms with E-state index in [0.29, 0.717) is 12.4 Å². The highest BCUT2D eigenvalue weighted by Crippen LogP contribution is 2.17. The number of nitrogens with two attached hydrogens (primary N) is 1. The van der Waals surface area contributed by atoms with Gasteiger partial charge in [-0.3, -0.25) is 4.68 Å². The van der Waals surface area contributed by atoms with Crippen molar-refractivity contribution in [3.8, 4) is 0 Å². The molecule has 0 saturated carbocycles. The summed E-state index contributed by atoms with van der Waals surface area (Å²) in [4.78, 5) is 4.04. The Bertz CT molecular complexity index is 530. The van der Waals surface area contributed by atoms with Gasteiger partial charge >= 0.3 is 0 Å². The summed E-state index contributed by atoms with van der Waals surface area (Å²) in [6.07, 6.45) is 1.68. The number of anilines is 2. The Hall–Kier alpha value is -2.04. The third kappa shape index (κ3) is 2.22. The molecule has 2 rings (SSSR count).